The Morgan fingerprint density at radius 1 is 1.50 bits per heavy atom. The molecular formula is C11H17N3OS. The van der Waals surface area contributed by atoms with Gasteiger partial charge < -0.3 is 10.1 Å². The van der Waals surface area contributed by atoms with Crippen LogP contribution in [-0.4, -0.2) is 41.5 Å². The molecule has 4 nitrogen and oxygen atoms in total. The fourth-order valence-corrected chi connectivity index (χ4v) is 2.38. The number of nitrogens with zero attached hydrogens (tertiary/aromatic N) is 2. The molecule has 1 fully saturated rings. The van der Waals surface area contributed by atoms with Crippen LogP contribution in [0.5, 0.6) is 0 Å². The first-order valence-corrected chi connectivity index (χ1v) is 6.65. The summed E-state index contributed by atoms with van der Waals surface area (Å²) in [6, 6.07) is 0. The second kappa shape index (κ2) is 6.83. The lowest BCUT2D eigenvalue weighted by molar-refractivity contribution is 0.110. The zero-order valence-electron chi connectivity index (χ0n) is 9.26. The van der Waals surface area contributed by atoms with Gasteiger partial charge in [0.25, 0.3) is 0 Å². The molecule has 16 heavy (non-hydrogen) atoms. The molecule has 1 aromatic rings. The van der Waals surface area contributed by atoms with Crippen molar-refractivity contribution in [3.63, 3.8) is 0 Å². The largest absolute Gasteiger partial charge is 0.377 e. The van der Waals surface area contributed by atoms with E-state index >= 15 is 0 Å². The highest BCUT2D eigenvalue weighted by molar-refractivity contribution is 7.99. The highest BCUT2D eigenvalue weighted by Gasteiger charge is 2.13. The lowest BCUT2D eigenvalue weighted by Crippen LogP contribution is -2.27. The van der Waals surface area contributed by atoms with Crippen LogP contribution in [-0.2, 0) is 4.74 Å². The molecule has 0 saturated carbocycles. The van der Waals surface area contributed by atoms with E-state index in [2.05, 4.69) is 15.3 Å². The van der Waals surface area contributed by atoms with E-state index in [1.165, 1.54) is 12.8 Å². The SMILES string of the molecule is c1cnc(SCCNCC2CCCO2)cn1. The molecular weight excluding hydrogens is 222 g/mol. The first-order valence-electron chi connectivity index (χ1n) is 5.66. The molecule has 1 atom stereocenters. The Hall–Kier alpha value is -0.650. The second-order valence-corrected chi connectivity index (χ2v) is 4.85. The second-order valence-electron chi connectivity index (χ2n) is 3.73. The van der Waals surface area contributed by atoms with Gasteiger partial charge in [0.2, 0.25) is 0 Å². The van der Waals surface area contributed by atoms with Gasteiger partial charge >= 0.3 is 0 Å². The fourth-order valence-electron chi connectivity index (χ4n) is 1.66. The van der Waals surface area contributed by atoms with E-state index in [1.807, 2.05) is 0 Å². The number of rotatable bonds is 6. The third-order valence-corrected chi connectivity index (χ3v) is 3.38. The van der Waals surface area contributed by atoms with Gasteiger partial charge in [0, 0.05) is 37.8 Å². The van der Waals surface area contributed by atoms with Crippen LogP contribution in [0.1, 0.15) is 12.8 Å². The molecule has 0 aliphatic carbocycles. The quantitative estimate of drug-likeness (QED) is 0.599. The number of hydrogen-bond donors (Lipinski definition) is 1. The van der Waals surface area contributed by atoms with Crippen molar-refractivity contribution in [1.82, 2.24) is 15.3 Å². The van der Waals surface area contributed by atoms with E-state index in [0.29, 0.717) is 6.10 Å². The Morgan fingerprint density at radius 3 is 3.25 bits per heavy atom. The summed E-state index contributed by atoms with van der Waals surface area (Å²) >= 11 is 1.73. The maximum atomic E-state index is 5.53. The van der Waals surface area contributed by atoms with Crippen LogP contribution < -0.4 is 5.32 Å². The molecule has 5 heteroatoms. The van der Waals surface area contributed by atoms with Gasteiger partial charge in [0.1, 0.15) is 5.03 Å². The van der Waals surface area contributed by atoms with Gasteiger partial charge in [-0.25, -0.2) is 4.98 Å². The maximum Gasteiger partial charge on any atom is 0.114 e. The highest BCUT2D eigenvalue weighted by atomic mass is 32.2. The third kappa shape index (κ3) is 4.08. The number of thioether (sulfide) groups is 1. The Bertz CT molecular complexity index is 291. The van der Waals surface area contributed by atoms with E-state index in [0.717, 1.165) is 30.5 Å². The first-order chi connectivity index (χ1) is 7.95. The summed E-state index contributed by atoms with van der Waals surface area (Å²) in [5.41, 5.74) is 0. The molecule has 88 valence electrons. The monoisotopic (exact) mass is 239 g/mol. The van der Waals surface area contributed by atoms with Gasteiger partial charge in [0.15, 0.2) is 0 Å². The highest BCUT2D eigenvalue weighted by Crippen LogP contribution is 2.12. The van der Waals surface area contributed by atoms with Crippen molar-refractivity contribution < 1.29 is 4.74 Å². The van der Waals surface area contributed by atoms with Gasteiger partial charge in [0.05, 0.1) is 12.3 Å². The lowest BCUT2D eigenvalue weighted by Gasteiger charge is -2.09. The van der Waals surface area contributed by atoms with Gasteiger partial charge in [-0.3, -0.25) is 4.98 Å². The average molecular weight is 239 g/mol. The summed E-state index contributed by atoms with van der Waals surface area (Å²) in [5.74, 6) is 1.02. The van der Waals surface area contributed by atoms with Crippen molar-refractivity contribution in [3.8, 4) is 0 Å². The summed E-state index contributed by atoms with van der Waals surface area (Å²) in [5, 5.41) is 4.39. The third-order valence-electron chi connectivity index (χ3n) is 2.46. The lowest BCUT2D eigenvalue weighted by atomic mass is 10.2. The number of nitrogens with one attached hydrogen (secondary N) is 1. The summed E-state index contributed by atoms with van der Waals surface area (Å²) in [7, 11) is 0. The maximum absolute atomic E-state index is 5.53. The van der Waals surface area contributed by atoms with Crippen LogP contribution in [0.25, 0.3) is 0 Å². The number of aromatic nitrogens is 2. The Balaban J connectivity index is 1.52. The van der Waals surface area contributed by atoms with Crippen LogP contribution in [0.2, 0.25) is 0 Å². The van der Waals surface area contributed by atoms with E-state index in [9.17, 15) is 0 Å². The topological polar surface area (TPSA) is 47.0 Å². The molecule has 2 rings (SSSR count). The summed E-state index contributed by atoms with van der Waals surface area (Å²) < 4.78 is 5.53. The fraction of sp³-hybridized carbons (Fsp3) is 0.636. The molecule has 1 saturated heterocycles. The van der Waals surface area contributed by atoms with E-state index in [-0.39, 0.29) is 0 Å². The molecule has 1 aliphatic heterocycles. The normalized spacial score (nSPS) is 20.1. The Labute approximate surface area is 100 Å². The Morgan fingerprint density at radius 2 is 2.50 bits per heavy atom. The number of hydrogen-bond acceptors (Lipinski definition) is 5. The smallest absolute Gasteiger partial charge is 0.114 e. The zero-order valence-corrected chi connectivity index (χ0v) is 10.1. The molecule has 1 N–H and O–H groups in total. The predicted molar refractivity (Wildman–Crippen MR) is 64.6 cm³/mol. The van der Waals surface area contributed by atoms with Gasteiger partial charge in [-0.2, -0.15) is 0 Å². The molecule has 0 radical (unpaired) electrons. The molecule has 1 aromatic heterocycles. The standard InChI is InChI=1S/C11H17N3OS/c1-2-10(15-6-1)8-13-5-7-16-11-9-12-3-4-14-11/h3-4,9-10,13H,1-2,5-8H2. The minimum atomic E-state index is 0.432. The van der Waals surface area contributed by atoms with Crippen LogP contribution >= 0.6 is 11.8 Å². The minimum absolute atomic E-state index is 0.432. The number of ether oxygens (including phenoxy) is 1. The van der Waals surface area contributed by atoms with Crippen molar-refractivity contribution in [2.24, 2.45) is 0 Å². The molecule has 0 aromatic carbocycles. The molecule has 0 amide bonds. The van der Waals surface area contributed by atoms with Gasteiger partial charge in [-0.1, -0.05) is 0 Å². The van der Waals surface area contributed by atoms with Crippen LogP contribution in [0.15, 0.2) is 23.6 Å². The predicted octanol–water partition coefficient (Wildman–Crippen LogP) is 1.34. The van der Waals surface area contributed by atoms with E-state index in [1.54, 1.807) is 30.4 Å². The molecule has 2 heterocycles. The zero-order chi connectivity index (χ0) is 11.1. The van der Waals surface area contributed by atoms with Crippen LogP contribution in [0, 0.1) is 0 Å². The van der Waals surface area contributed by atoms with Crippen LogP contribution in [0.3, 0.4) is 0 Å². The van der Waals surface area contributed by atoms with Crippen molar-refractivity contribution in [2.45, 2.75) is 24.0 Å². The van der Waals surface area contributed by atoms with E-state index in [4.69, 9.17) is 4.74 Å². The van der Waals surface area contributed by atoms with Crippen molar-refractivity contribution in [1.29, 1.82) is 0 Å². The molecule has 0 spiro atoms. The van der Waals surface area contributed by atoms with Crippen molar-refractivity contribution in [3.05, 3.63) is 18.6 Å². The summed E-state index contributed by atoms with van der Waals surface area (Å²) in [6.07, 6.45) is 8.05. The summed E-state index contributed by atoms with van der Waals surface area (Å²) in [4.78, 5) is 8.22. The minimum Gasteiger partial charge on any atom is -0.377 e. The Kier molecular flexibility index (Phi) is 5.05. The van der Waals surface area contributed by atoms with E-state index < -0.39 is 0 Å². The summed E-state index contributed by atoms with van der Waals surface area (Å²) in [6.45, 7) is 2.89. The molecule has 0 bridgehead atoms. The average Bonchev–Trinajstić information content (AvgIpc) is 2.83. The molecule has 1 aliphatic rings. The van der Waals surface area contributed by atoms with Crippen LogP contribution in [0.4, 0.5) is 0 Å². The van der Waals surface area contributed by atoms with Gasteiger partial charge in [-0.15, -0.1) is 11.8 Å². The van der Waals surface area contributed by atoms with Crippen molar-refractivity contribution >= 4 is 11.8 Å². The van der Waals surface area contributed by atoms with Gasteiger partial charge in [-0.05, 0) is 12.8 Å². The van der Waals surface area contributed by atoms with Crippen molar-refractivity contribution in [2.75, 3.05) is 25.4 Å². The first kappa shape index (κ1) is 11.8. The molecule has 1 unspecified atom stereocenters.